The summed E-state index contributed by atoms with van der Waals surface area (Å²) < 4.78 is 4.80. The van der Waals surface area contributed by atoms with Crippen molar-refractivity contribution in [2.24, 2.45) is 5.92 Å². The highest BCUT2D eigenvalue weighted by Gasteiger charge is 2.27. The summed E-state index contributed by atoms with van der Waals surface area (Å²) in [5, 5.41) is 0. The fraction of sp³-hybridized carbons (Fsp3) is 0.750. The third-order valence-corrected chi connectivity index (χ3v) is 1.94. The van der Waals surface area contributed by atoms with Gasteiger partial charge in [-0.3, -0.25) is 9.59 Å². The first-order valence-electron chi connectivity index (χ1n) is 3.97. The maximum atomic E-state index is 11.0. The summed E-state index contributed by atoms with van der Waals surface area (Å²) >= 11 is 0. The number of ether oxygens (including phenoxy) is 1. The van der Waals surface area contributed by atoms with Crippen molar-refractivity contribution < 1.29 is 14.3 Å². The van der Waals surface area contributed by atoms with Crippen LogP contribution in [0.25, 0.3) is 0 Å². The van der Waals surface area contributed by atoms with E-state index in [1.807, 2.05) is 0 Å². The van der Waals surface area contributed by atoms with Crippen molar-refractivity contribution in [3.05, 3.63) is 0 Å². The van der Waals surface area contributed by atoms with Crippen LogP contribution in [0.15, 0.2) is 0 Å². The van der Waals surface area contributed by atoms with Gasteiger partial charge in [0, 0.05) is 32.9 Å². The molecule has 1 heterocycles. The second-order valence-electron chi connectivity index (χ2n) is 3.15. The lowest BCUT2D eigenvalue weighted by atomic mass is 10.1. The van der Waals surface area contributed by atoms with E-state index in [0.29, 0.717) is 19.6 Å². The van der Waals surface area contributed by atoms with Crippen molar-refractivity contribution in [3.8, 4) is 0 Å². The minimum atomic E-state index is -0.281. The zero-order valence-corrected chi connectivity index (χ0v) is 7.37. The SMILES string of the molecule is CC(=O)OCC1CC(=O)N(C)C1. The lowest BCUT2D eigenvalue weighted by Gasteiger charge is -2.09. The Kier molecular flexibility index (Phi) is 2.68. The van der Waals surface area contributed by atoms with Gasteiger partial charge in [-0.2, -0.15) is 0 Å². The molecule has 0 saturated carbocycles. The zero-order valence-electron chi connectivity index (χ0n) is 7.37. The molecule has 1 unspecified atom stereocenters. The van der Waals surface area contributed by atoms with Gasteiger partial charge in [0.25, 0.3) is 0 Å². The summed E-state index contributed by atoms with van der Waals surface area (Å²) in [5.41, 5.74) is 0. The first-order valence-corrected chi connectivity index (χ1v) is 3.97. The van der Waals surface area contributed by atoms with Crippen LogP contribution in [0, 0.1) is 5.92 Å². The van der Waals surface area contributed by atoms with Gasteiger partial charge in [-0.25, -0.2) is 0 Å². The van der Waals surface area contributed by atoms with E-state index in [0.717, 1.165) is 0 Å². The summed E-state index contributed by atoms with van der Waals surface area (Å²) in [5.74, 6) is 0.0376. The Morgan fingerprint density at radius 3 is 2.83 bits per heavy atom. The van der Waals surface area contributed by atoms with Crippen LogP contribution in [0.4, 0.5) is 0 Å². The number of likely N-dealkylation sites (tertiary alicyclic amines) is 1. The maximum Gasteiger partial charge on any atom is 0.302 e. The Morgan fingerprint density at radius 1 is 1.75 bits per heavy atom. The average molecular weight is 171 g/mol. The summed E-state index contributed by atoms with van der Waals surface area (Å²) in [6, 6.07) is 0. The summed E-state index contributed by atoms with van der Waals surface area (Å²) in [6.45, 7) is 2.44. The second kappa shape index (κ2) is 3.56. The first-order chi connectivity index (χ1) is 5.59. The number of rotatable bonds is 2. The van der Waals surface area contributed by atoms with Crippen molar-refractivity contribution in [2.45, 2.75) is 13.3 Å². The fourth-order valence-electron chi connectivity index (χ4n) is 1.30. The largest absolute Gasteiger partial charge is 0.465 e. The van der Waals surface area contributed by atoms with Gasteiger partial charge in [-0.1, -0.05) is 0 Å². The Hall–Kier alpha value is -1.06. The topological polar surface area (TPSA) is 46.6 Å². The molecule has 0 aromatic carbocycles. The van der Waals surface area contributed by atoms with Gasteiger partial charge in [0.2, 0.25) is 5.91 Å². The molecule has 0 radical (unpaired) electrons. The van der Waals surface area contributed by atoms with Crippen LogP contribution in [0.5, 0.6) is 0 Å². The van der Waals surface area contributed by atoms with E-state index in [2.05, 4.69) is 0 Å². The molecule has 1 aliphatic rings. The molecule has 4 heteroatoms. The Balaban J connectivity index is 2.28. The monoisotopic (exact) mass is 171 g/mol. The molecule has 0 aliphatic carbocycles. The smallest absolute Gasteiger partial charge is 0.302 e. The molecule has 1 atom stereocenters. The lowest BCUT2D eigenvalue weighted by Crippen LogP contribution is -2.20. The van der Waals surface area contributed by atoms with E-state index >= 15 is 0 Å². The highest BCUT2D eigenvalue weighted by atomic mass is 16.5. The van der Waals surface area contributed by atoms with E-state index in [1.165, 1.54) is 6.92 Å². The predicted octanol–water partition coefficient (Wildman–Crippen LogP) is 0.0278. The molecule has 0 N–H and O–H groups in total. The quantitative estimate of drug-likeness (QED) is 0.550. The number of nitrogens with zero attached hydrogens (tertiary/aromatic N) is 1. The van der Waals surface area contributed by atoms with Crippen molar-refractivity contribution >= 4 is 11.9 Å². The minimum Gasteiger partial charge on any atom is -0.465 e. The van der Waals surface area contributed by atoms with Gasteiger partial charge >= 0.3 is 5.97 Å². The number of carbonyl (C=O) groups excluding carboxylic acids is 2. The van der Waals surface area contributed by atoms with E-state index in [4.69, 9.17) is 4.74 Å². The van der Waals surface area contributed by atoms with E-state index < -0.39 is 0 Å². The molecular weight excluding hydrogens is 158 g/mol. The number of hydrogen-bond acceptors (Lipinski definition) is 3. The number of amides is 1. The molecule has 0 spiro atoms. The second-order valence-corrected chi connectivity index (χ2v) is 3.15. The van der Waals surface area contributed by atoms with Crippen LogP contribution < -0.4 is 0 Å². The molecule has 1 amide bonds. The molecule has 4 nitrogen and oxygen atoms in total. The average Bonchev–Trinajstić information content (AvgIpc) is 2.28. The van der Waals surface area contributed by atoms with Gasteiger partial charge in [-0.15, -0.1) is 0 Å². The molecule has 1 saturated heterocycles. The Morgan fingerprint density at radius 2 is 2.42 bits per heavy atom. The normalized spacial score (nSPS) is 23.0. The number of esters is 1. The van der Waals surface area contributed by atoms with Crippen LogP contribution in [0.3, 0.4) is 0 Å². The zero-order chi connectivity index (χ0) is 9.14. The van der Waals surface area contributed by atoms with Gasteiger partial charge in [-0.05, 0) is 0 Å². The minimum absolute atomic E-state index is 0.132. The maximum absolute atomic E-state index is 11.0. The molecule has 0 aromatic heterocycles. The molecule has 12 heavy (non-hydrogen) atoms. The molecular formula is C8H13NO3. The van der Waals surface area contributed by atoms with Crippen molar-refractivity contribution in [2.75, 3.05) is 20.2 Å². The highest BCUT2D eigenvalue weighted by molar-refractivity contribution is 5.78. The third kappa shape index (κ3) is 2.22. The highest BCUT2D eigenvalue weighted by Crippen LogP contribution is 2.15. The summed E-state index contributed by atoms with van der Waals surface area (Å²) in [6.07, 6.45) is 0.504. The van der Waals surface area contributed by atoms with Crippen LogP contribution in [0.1, 0.15) is 13.3 Å². The number of hydrogen-bond donors (Lipinski definition) is 0. The van der Waals surface area contributed by atoms with Crippen molar-refractivity contribution in [1.29, 1.82) is 0 Å². The van der Waals surface area contributed by atoms with Gasteiger partial charge < -0.3 is 9.64 Å². The molecule has 1 fully saturated rings. The van der Waals surface area contributed by atoms with Crippen LogP contribution in [-0.4, -0.2) is 37.0 Å². The molecule has 1 aliphatic heterocycles. The molecule has 68 valence electrons. The lowest BCUT2D eigenvalue weighted by molar-refractivity contribution is -0.142. The first kappa shape index (κ1) is 9.03. The van der Waals surface area contributed by atoms with Crippen molar-refractivity contribution in [3.63, 3.8) is 0 Å². The van der Waals surface area contributed by atoms with Gasteiger partial charge in [0.1, 0.15) is 0 Å². The third-order valence-electron chi connectivity index (χ3n) is 1.94. The summed E-state index contributed by atoms with van der Waals surface area (Å²) in [7, 11) is 1.76. The standard InChI is InChI=1S/C8H13NO3/c1-6(10)12-5-7-3-8(11)9(2)4-7/h7H,3-5H2,1-2H3. The van der Waals surface area contributed by atoms with Crippen LogP contribution in [0.2, 0.25) is 0 Å². The number of carbonyl (C=O) groups is 2. The Labute approximate surface area is 71.5 Å². The van der Waals surface area contributed by atoms with E-state index in [9.17, 15) is 9.59 Å². The fourth-order valence-corrected chi connectivity index (χ4v) is 1.30. The van der Waals surface area contributed by atoms with Gasteiger partial charge in [0.05, 0.1) is 6.61 Å². The van der Waals surface area contributed by atoms with E-state index in [1.54, 1.807) is 11.9 Å². The van der Waals surface area contributed by atoms with Gasteiger partial charge in [0.15, 0.2) is 0 Å². The predicted molar refractivity (Wildman–Crippen MR) is 42.4 cm³/mol. The Bertz CT molecular complexity index is 202. The van der Waals surface area contributed by atoms with Crippen LogP contribution >= 0.6 is 0 Å². The summed E-state index contributed by atoms with van der Waals surface area (Å²) in [4.78, 5) is 23.1. The van der Waals surface area contributed by atoms with Crippen molar-refractivity contribution in [1.82, 2.24) is 4.90 Å². The molecule has 0 aromatic rings. The van der Waals surface area contributed by atoms with Crippen LogP contribution in [-0.2, 0) is 14.3 Å². The molecule has 0 bridgehead atoms. The van der Waals surface area contributed by atoms with E-state index in [-0.39, 0.29) is 17.8 Å². The molecule has 1 rings (SSSR count).